The van der Waals surface area contributed by atoms with Gasteiger partial charge in [0.2, 0.25) is 5.43 Å². The van der Waals surface area contributed by atoms with Crippen molar-refractivity contribution in [2.45, 2.75) is 59.5 Å². The first-order valence-electron chi connectivity index (χ1n) is 11.2. The standard InChI is InChI=1S/C28H30O5/c1-16(2)7-6-8-17(3)9-11-20-26-19(13-14-28(4,5)33-26)24(30)23-25(31)21-15-18(29)10-12-22(21)32-27(20)23/h7,9-10,12-15,29-30H,6,8,11H2,1-5H3/b17-9+. The SMILES string of the molecule is CC(C)=CCC/C(C)=C/Cc1c2c(c(O)c3c(=O)c4cc(O)ccc4oc13)C=CC(C)(C)O2. The van der Waals surface area contributed by atoms with Gasteiger partial charge in [-0.25, -0.2) is 0 Å². The number of benzene rings is 2. The predicted molar refractivity (Wildman–Crippen MR) is 133 cm³/mol. The van der Waals surface area contributed by atoms with Gasteiger partial charge in [-0.05, 0) is 84.2 Å². The van der Waals surface area contributed by atoms with Crippen LogP contribution in [0.25, 0.3) is 28.0 Å². The molecule has 2 heterocycles. The molecule has 0 unspecified atom stereocenters. The van der Waals surface area contributed by atoms with E-state index in [9.17, 15) is 15.0 Å². The summed E-state index contributed by atoms with van der Waals surface area (Å²) in [5.41, 5.74) is 3.43. The quantitative estimate of drug-likeness (QED) is 0.334. The van der Waals surface area contributed by atoms with Gasteiger partial charge in [0, 0.05) is 5.56 Å². The highest BCUT2D eigenvalue weighted by Crippen LogP contribution is 2.45. The molecule has 3 aromatic rings. The Morgan fingerprint density at radius 3 is 2.61 bits per heavy atom. The zero-order valence-corrected chi connectivity index (χ0v) is 19.8. The molecule has 0 atom stereocenters. The summed E-state index contributed by atoms with van der Waals surface area (Å²) in [5, 5.41) is 21.3. The average molecular weight is 447 g/mol. The van der Waals surface area contributed by atoms with Gasteiger partial charge in [0.1, 0.15) is 39.4 Å². The maximum atomic E-state index is 13.4. The highest BCUT2D eigenvalue weighted by atomic mass is 16.5. The highest BCUT2D eigenvalue weighted by Gasteiger charge is 2.30. The van der Waals surface area contributed by atoms with Crippen molar-refractivity contribution in [2.75, 3.05) is 0 Å². The Morgan fingerprint density at radius 1 is 1.12 bits per heavy atom. The molecule has 0 amide bonds. The molecule has 0 aliphatic carbocycles. The molecule has 0 saturated carbocycles. The topological polar surface area (TPSA) is 79.9 Å². The summed E-state index contributed by atoms with van der Waals surface area (Å²) < 4.78 is 12.4. The van der Waals surface area contributed by atoms with Gasteiger partial charge in [-0.2, -0.15) is 0 Å². The summed E-state index contributed by atoms with van der Waals surface area (Å²) in [4.78, 5) is 13.4. The summed E-state index contributed by atoms with van der Waals surface area (Å²) in [6.45, 7) is 10.2. The Kier molecular flexibility index (Phi) is 5.83. The molecule has 5 nitrogen and oxygen atoms in total. The van der Waals surface area contributed by atoms with E-state index < -0.39 is 5.60 Å². The molecular weight excluding hydrogens is 416 g/mol. The minimum atomic E-state index is -0.562. The third kappa shape index (κ3) is 4.40. The van der Waals surface area contributed by atoms with Crippen LogP contribution in [0.3, 0.4) is 0 Å². The summed E-state index contributed by atoms with van der Waals surface area (Å²) >= 11 is 0. The molecular formula is C28H30O5. The Balaban J connectivity index is 1.95. The highest BCUT2D eigenvalue weighted by molar-refractivity contribution is 5.99. The Labute approximate surface area is 193 Å². The van der Waals surface area contributed by atoms with E-state index in [-0.39, 0.29) is 27.7 Å². The fourth-order valence-corrected chi connectivity index (χ4v) is 4.12. The van der Waals surface area contributed by atoms with Gasteiger partial charge in [0.05, 0.1) is 10.9 Å². The molecule has 2 N–H and O–H groups in total. The van der Waals surface area contributed by atoms with E-state index >= 15 is 0 Å². The smallest absolute Gasteiger partial charge is 0.204 e. The van der Waals surface area contributed by atoms with E-state index in [0.29, 0.717) is 28.9 Å². The van der Waals surface area contributed by atoms with Gasteiger partial charge in [-0.3, -0.25) is 4.79 Å². The number of rotatable bonds is 5. The van der Waals surface area contributed by atoms with Gasteiger partial charge < -0.3 is 19.4 Å². The van der Waals surface area contributed by atoms with E-state index in [4.69, 9.17) is 9.15 Å². The number of hydrogen-bond donors (Lipinski definition) is 2. The molecule has 1 aliphatic rings. The third-order valence-corrected chi connectivity index (χ3v) is 5.92. The van der Waals surface area contributed by atoms with Crippen LogP contribution in [0.15, 0.2) is 56.8 Å². The van der Waals surface area contributed by atoms with Crippen LogP contribution in [-0.2, 0) is 6.42 Å². The van der Waals surface area contributed by atoms with Crippen molar-refractivity contribution in [3.05, 3.63) is 68.9 Å². The van der Waals surface area contributed by atoms with Crippen LogP contribution < -0.4 is 10.2 Å². The Hall–Kier alpha value is -3.47. The van der Waals surface area contributed by atoms with Crippen molar-refractivity contribution in [1.29, 1.82) is 0 Å². The molecule has 1 aromatic heterocycles. The first kappa shape index (κ1) is 22.7. The first-order valence-corrected chi connectivity index (χ1v) is 11.2. The minimum absolute atomic E-state index is 0.0354. The van der Waals surface area contributed by atoms with Crippen molar-refractivity contribution in [2.24, 2.45) is 0 Å². The normalized spacial score (nSPS) is 14.9. The van der Waals surface area contributed by atoms with Crippen molar-refractivity contribution in [3.8, 4) is 17.2 Å². The fourth-order valence-electron chi connectivity index (χ4n) is 4.12. The number of ether oxygens (including phenoxy) is 1. The minimum Gasteiger partial charge on any atom is -0.508 e. The lowest BCUT2D eigenvalue weighted by atomic mass is 9.94. The van der Waals surface area contributed by atoms with Gasteiger partial charge in [-0.1, -0.05) is 23.3 Å². The van der Waals surface area contributed by atoms with Gasteiger partial charge in [0.15, 0.2) is 0 Å². The second-order valence-electron chi connectivity index (χ2n) is 9.50. The van der Waals surface area contributed by atoms with E-state index in [1.54, 1.807) is 12.1 Å². The monoisotopic (exact) mass is 446 g/mol. The molecule has 0 saturated heterocycles. The second-order valence-corrected chi connectivity index (χ2v) is 9.50. The zero-order valence-electron chi connectivity index (χ0n) is 19.8. The van der Waals surface area contributed by atoms with Crippen molar-refractivity contribution in [1.82, 2.24) is 0 Å². The Bertz CT molecular complexity index is 1400. The number of phenolic OH excluding ortho intramolecular Hbond substituents is 2. The van der Waals surface area contributed by atoms with Gasteiger partial charge in [0.25, 0.3) is 0 Å². The van der Waals surface area contributed by atoms with E-state index in [1.165, 1.54) is 23.3 Å². The molecule has 0 radical (unpaired) electrons. The molecule has 1 aliphatic heterocycles. The van der Waals surface area contributed by atoms with Crippen LogP contribution in [0.5, 0.6) is 17.2 Å². The van der Waals surface area contributed by atoms with Crippen LogP contribution in [0.2, 0.25) is 0 Å². The van der Waals surface area contributed by atoms with Crippen LogP contribution in [-0.4, -0.2) is 15.8 Å². The molecule has 33 heavy (non-hydrogen) atoms. The van der Waals surface area contributed by atoms with Crippen LogP contribution in [0.4, 0.5) is 0 Å². The summed E-state index contributed by atoms with van der Waals surface area (Å²) in [5.74, 6) is 0.326. The van der Waals surface area contributed by atoms with Crippen molar-refractivity contribution < 1.29 is 19.4 Å². The lowest BCUT2D eigenvalue weighted by molar-refractivity contribution is 0.157. The largest absolute Gasteiger partial charge is 0.508 e. The molecule has 5 heteroatoms. The molecule has 0 fully saturated rings. The molecule has 172 valence electrons. The molecule has 2 aromatic carbocycles. The number of fused-ring (bicyclic) bond motifs is 3. The molecule has 0 spiro atoms. The van der Waals surface area contributed by atoms with E-state index in [2.05, 4.69) is 32.9 Å². The summed E-state index contributed by atoms with van der Waals surface area (Å²) in [6, 6.07) is 4.41. The zero-order chi connectivity index (χ0) is 23.9. The third-order valence-electron chi connectivity index (χ3n) is 5.92. The summed E-state index contributed by atoms with van der Waals surface area (Å²) in [7, 11) is 0. The maximum Gasteiger partial charge on any atom is 0.204 e. The van der Waals surface area contributed by atoms with Gasteiger partial charge in [-0.15, -0.1) is 0 Å². The van der Waals surface area contributed by atoms with E-state index in [1.807, 2.05) is 19.9 Å². The first-order chi connectivity index (χ1) is 15.6. The van der Waals surface area contributed by atoms with Crippen molar-refractivity contribution in [3.63, 3.8) is 0 Å². The number of allylic oxidation sites excluding steroid dienone is 4. The lowest BCUT2D eigenvalue weighted by Crippen LogP contribution is -2.28. The average Bonchev–Trinajstić information content (AvgIpc) is 2.73. The van der Waals surface area contributed by atoms with E-state index in [0.717, 1.165) is 18.4 Å². The second kappa shape index (κ2) is 8.47. The fraction of sp³-hybridized carbons (Fsp3) is 0.321. The predicted octanol–water partition coefficient (Wildman–Crippen LogP) is 6.78. The Morgan fingerprint density at radius 2 is 1.88 bits per heavy atom. The molecule has 4 rings (SSSR count). The van der Waals surface area contributed by atoms with Crippen LogP contribution >= 0.6 is 0 Å². The molecule has 0 bridgehead atoms. The van der Waals surface area contributed by atoms with Crippen LogP contribution in [0.1, 0.15) is 58.6 Å². The maximum absolute atomic E-state index is 13.4. The van der Waals surface area contributed by atoms with Crippen LogP contribution in [0, 0.1) is 0 Å². The van der Waals surface area contributed by atoms with Crippen molar-refractivity contribution >= 4 is 28.0 Å². The lowest BCUT2D eigenvalue weighted by Gasteiger charge is -2.30. The number of hydrogen-bond acceptors (Lipinski definition) is 5. The number of phenols is 2. The van der Waals surface area contributed by atoms with Gasteiger partial charge >= 0.3 is 0 Å². The summed E-state index contributed by atoms with van der Waals surface area (Å²) in [6.07, 6.45) is 10.4. The number of aromatic hydroxyl groups is 2.